The van der Waals surface area contributed by atoms with Gasteiger partial charge in [-0.2, -0.15) is 0 Å². The second-order valence-corrected chi connectivity index (χ2v) is 4.92. The summed E-state index contributed by atoms with van der Waals surface area (Å²) in [6, 6.07) is 3.61. The third-order valence-electron chi connectivity index (χ3n) is 3.09. The number of nitrogens with zero attached hydrogens (tertiary/aromatic N) is 1. The minimum absolute atomic E-state index is 0.00484. The third kappa shape index (κ3) is 2.98. The van der Waals surface area contributed by atoms with Crippen LogP contribution in [0.4, 0.5) is 5.69 Å². The van der Waals surface area contributed by atoms with E-state index in [4.69, 9.17) is 15.2 Å². The summed E-state index contributed by atoms with van der Waals surface area (Å²) in [5.41, 5.74) is 7.47. The molecule has 19 heavy (non-hydrogen) atoms. The lowest BCUT2D eigenvalue weighted by atomic mass is 10.1. The van der Waals surface area contributed by atoms with Crippen molar-refractivity contribution in [1.82, 2.24) is 0 Å². The summed E-state index contributed by atoms with van der Waals surface area (Å²) in [5, 5.41) is 0. The van der Waals surface area contributed by atoms with Crippen molar-refractivity contribution in [2.45, 2.75) is 26.3 Å². The Bertz CT molecular complexity index is 486. The number of fused-ring (bicyclic) bond motifs is 1. The number of aryl methyl sites for hydroxylation is 1. The molecule has 1 unspecified atom stereocenters. The summed E-state index contributed by atoms with van der Waals surface area (Å²) in [5.74, 6) is 1.42. The summed E-state index contributed by atoms with van der Waals surface area (Å²) in [4.78, 5) is 13.7. The van der Waals surface area contributed by atoms with Gasteiger partial charge in [-0.05, 0) is 25.5 Å². The summed E-state index contributed by atoms with van der Waals surface area (Å²) in [6.07, 6.45) is 0.324. The average molecular weight is 264 g/mol. The standard InChI is InChI=1S/C14H20N2O3/c1-9-6-12-13(19-5-4-18-12)8-11(9)16(3)14(17)7-10(2)15/h6,8,10H,4-5,7,15H2,1-3H3. The number of hydrogen-bond donors (Lipinski definition) is 1. The van der Waals surface area contributed by atoms with E-state index in [0.717, 1.165) is 17.0 Å². The molecular weight excluding hydrogens is 244 g/mol. The number of anilines is 1. The van der Waals surface area contributed by atoms with Gasteiger partial charge in [0.05, 0.1) is 5.69 Å². The highest BCUT2D eigenvalue weighted by Gasteiger charge is 2.19. The first kappa shape index (κ1) is 13.7. The van der Waals surface area contributed by atoms with Gasteiger partial charge in [-0.1, -0.05) is 0 Å². The van der Waals surface area contributed by atoms with E-state index in [0.29, 0.717) is 25.4 Å². The fourth-order valence-corrected chi connectivity index (χ4v) is 2.09. The van der Waals surface area contributed by atoms with Crippen LogP contribution in [0.5, 0.6) is 11.5 Å². The molecule has 0 aromatic heterocycles. The van der Waals surface area contributed by atoms with E-state index < -0.39 is 0 Å². The van der Waals surface area contributed by atoms with E-state index in [1.807, 2.05) is 26.0 Å². The lowest BCUT2D eigenvalue weighted by Gasteiger charge is -2.24. The van der Waals surface area contributed by atoms with Gasteiger partial charge in [-0.3, -0.25) is 4.79 Å². The van der Waals surface area contributed by atoms with Crippen molar-refractivity contribution < 1.29 is 14.3 Å². The third-order valence-corrected chi connectivity index (χ3v) is 3.09. The molecular formula is C14H20N2O3. The molecule has 1 aromatic rings. The number of rotatable bonds is 3. The highest BCUT2D eigenvalue weighted by molar-refractivity contribution is 5.94. The highest BCUT2D eigenvalue weighted by Crippen LogP contribution is 2.36. The van der Waals surface area contributed by atoms with Crippen molar-refractivity contribution >= 4 is 11.6 Å². The van der Waals surface area contributed by atoms with E-state index in [9.17, 15) is 4.79 Å². The summed E-state index contributed by atoms with van der Waals surface area (Å²) >= 11 is 0. The Labute approximate surface area is 113 Å². The lowest BCUT2D eigenvalue weighted by molar-refractivity contribution is -0.118. The van der Waals surface area contributed by atoms with E-state index in [-0.39, 0.29) is 11.9 Å². The quantitative estimate of drug-likeness (QED) is 0.897. The molecule has 5 nitrogen and oxygen atoms in total. The van der Waals surface area contributed by atoms with E-state index in [1.165, 1.54) is 0 Å². The number of amides is 1. The normalized spacial score (nSPS) is 14.9. The van der Waals surface area contributed by atoms with Crippen LogP contribution in [0.25, 0.3) is 0 Å². The molecule has 0 fully saturated rings. The predicted octanol–water partition coefficient (Wildman–Crippen LogP) is 1.47. The number of carbonyl (C=O) groups is 1. The van der Waals surface area contributed by atoms with Gasteiger partial charge in [0.15, 0.2) is 11.5 Å². The van der Waals surface area contributed by atoms with Crippen LogP contribution in [-0.4, -0.2) is 32.2 Å². The van der Waals surface area contributed by atoms with Crippen molar-refractivity contribution in [1.29, 1.82) is 0 Å². The highest BCUT2D eigenvalue weighted by atomic mass is 16.6. The van der Waals surface area contributed by atoms with Gasteiger partial charge in [0.2, 0.25) is 5.91 Å². The molecule has 0 bridgehead atoms. The van der Waals surface area contributed by atoms with Crippen LogP contribution in [0.3, 0.4) is 0 Å². The zero-order valence-electron chi connectivity index (χ0n) is 11.6. The fraction of sp³-hybridized carbons (Fsp3) is 0.500. The molecule has 0 saturated carbocycles. The van der Waals surface area contributed by atoms with Gasteiger partial charge in [0.1, 0.15) is 13.2 Å². The predicted molar refractivity (Wildman–Crippen MR) is 73.8 cm³/mol. The largest absolute Gasteiger partial charge is 0.486 e. The molecule has 104 valence electrons. The Kier molecular flexibility index (Phi) is 3.95. The van der Waals surface area contributed by atoms with Gasteiger partial charge in [-0.25, -0.2) is 0 Å². The first-order valence-corrected chi connectivity index (χ1v) is 6.41. The summed E-state index contributed by atoms with van der Waals surface area (Å²) in [6.45, 7) is 4.86. The lowest BCUT2D eigenvalue weighted by Crippen LogP contribution is -2.32. The van der Waals surface area contributed by atoms with Crippen molar-refractivity contribution in [3.8, 4) is 11.5 Å². The SMILES string of the molecule is Cc1cc2c(cc1N(C)C(=O)CC(C)N)OCCO2. The molecule has 0 aliphatic carbocycles. The molecule has 0 spiro atoms. The van der Waals surface area contributed by atoms with E-state index in [1.54, 1.807) is 11.9 Å². The second kappa shape index (κ2) is 5.48. The molecule has 0 saturated heterocycles. The Balaban J connectivity index is 2.26. The Hall–Kier alpha value is -1.75. The second-order valence-electron chi connectivity index (χ2n) is 4.92. The molecule has 2 N–H and O–H groups in total. The molecule has 1 heterocycles. The molecule has 5 heteroatoms. The van der Waals surface area contributed by atoms with Crippen LogP contribution in [-0.2, 0) is 4.79 Å². The maximum Gasteiger partial charge on any atom is 0.228 e. The Morgan fingerprint density at radius 3 is 2.53 bits per heavy atom. The number of nitrogens with two attached hydrogens (primary N) is 1. The van der Waals surface area contributed by atoms with E-state index >= 15 is 0 Å². The molecule has 1 aliphatic heterocycles. The number of hydrogen-bond acceptors (Lipinski definition) is 4. The summed E-state index contributed by atoms with van der Waals surface area (Å²) in [7, 11) is 1.75. The Morgan fingerprint density at radius 2 is 1.95 bits per heavy atom. The Morgan fingerprint density at radius 1 is 1.37 bits per heavy atom. The van der Waals surface area contributed by atoms with E-state index in [2.05, 4.69) is 0 Å². The van der Waals surface area contributed by atoms with Gasteiger partial charge in [0, 0.05) is 25.6 Å². The maximum atomic E-state index is 12.0. The molecule has 1 amide bonds. The first-order valence-electron chi connectivity index (χ1n) is 6.41. The number of carbonyl (C=O) groups excluding carboxylic acids is 1. The van der Waals surface area contributed by atoms with Crippen LogP contribution < -0.4 is 20.1 Å². The molecule has 1 atom stereocenters. The fourth-order valence-electron chi connectivity index (χ4n) is 2.09. The van der Waals surface area contributed by atoms with Gasteiger partial charge < -0.3 is 20.1 Å². The molecule has 1 aliphatic rings. The van der Waals surface area contributed by atoms with Crippen molar-refractivity contribution in [2.24, 2.45) is 5.73 Å². The average Bonchev–Trinajstić information content (AvgIpc) is 2.36. The zero-order chi connectivity index (χ0) is 14.0. The maximum absolute atomic E-state index is 12.0. The molecule has 1 aromatic carbocycles. The minimum atomic E-state index is -0.146. The topological polar surface area (TPSA) is 64.8 Å². The number of benzene rings is 1. The smallest absolute Gasteiger partial charge is 0.228 e. The molecule has 2 rings (SSSR count). The van der Waals surface area contributed by atoms with Crippen LogP contribution in [0.1, 0.15) is 18.9 Å². The van der Waals surface area contributed by atoms with Gasteiger partial charge in [0.25, 0.3) is 0 Å². The van der Waals surface area contributed by atoms with Crippen molar-refractivity contribution in [2.75, 3.05) is 25.2 Å². The van der Waals surface area contributed by atoms with Crippen molar-refractivity contribution in [3.05, 3.63) is 17.7 Å². The van der Waals surface area contributed by atoms with Gasteiger partial charge >= 0.3 is 0 Å². The van der Waals surface area contributed by atoms with Crippen LogP contribution in [0, 0.1) is 6.92 Å². The summed E-state index contributed by atoms with van der Waals surface area (Å²) < 4.78 is 11.1. The minimum Gasteiger partial charge on any atom is -0.486 e. The monoisotopic (exact) mass is 264 g/mol. The van der Waals surface area contributed by atoms with Crippen LogP contribution >= 0.6 is 0 Å². The van der Waals surface area contributed by atoms with Gasteiger partial charge in [-0.15, -0.1) is 0 Å². The number of ether oxygens (including phenoxy) is 2. The first-order chi connectivity index (χ1) is 8.99. The van der Waals surface area contributed by atoms with Crippen LogP contribution in [0.2, 0.25) is 0 Å². The molecule has 0 radical (unpaired) electrons. The van der Waals surface area contributed by atoms with Crippen molar-refractivity contribution in [3.63, 3.8) is 0 Å². The van der Waals surface area contributed by atoms with Crippen LogP contribution in [0.15, 0.2) is 12.1 Å². The zero-order valence-corrected chi connectivity index (χ0v) is 11.6.